The van der Waals surface area contributed by atoms with Crippen LogP contribution in [-0.4, -0.2) is 0 Å². The predicted molar refractivity (Wildman–Crippen MR) is 213 cm³/mol. The topological polar surface area (TPSA) is 0 Å². The molecular formula is C48H34Cl2. The van der Waals surface area contributed by atoms with E-state index in [0.717, 1.165) is 27.8 Å². The molecule has 0 saturated heterocycles. The van der Waals surface area contributed by atoms with Crippen LogP contribution in [0, 0.1) is 0 Å². The van der Waals surface area contributed by atoms with Gasteiger partial charge in [-0.15, -0.1) is 0 Å². The minimum Gasteiger partial charge on any atom is -0.0840 e. The van der Waals surface area contributed by atoms with Crippen molar-refractivity contribution in [2.75, 3.05) is 0 Å². The van der Waals surface area contributed by atoms with Gasteiger partial charge in [-0.05, 0) is 97.5 Å². The molecule has 0 amide bonds. The molecule has 7 aromatic carbocycles. The number of benzene rings is 7. The second-order valence-corrected chi connectivity index (χ2v) is 13.5. The van der Waals surface area contributed by atoms with Gasteiger partial charge in [0.1, 0.15) is 0 Å². The molecule has 0 aromatic heterocycles. The summed E-state index contributed by atoms with van der Waals surface area (Å²) in [7, 11) is 0. The van der Waals surface area contributed by atoms with Gasteiger partial charge < -0.3 is 0 Å². The van der Waals surface area contributed by atoms with Gasteiger partial charge in [0.15, 0.2) is 0 Å². The molecule has 0 nitrogen and oxygen atoms in total. The van der Waals surface area contributed by atoms with E-state index in [1.54, 1.807) is 0 Å². The molecular weight excluding hydrogens is 647 g/mol. The van der Waals surface area contributed by atoms with Crippen LogP contribution in [0.4, 0.5) is 0 Å². The molecule has 8 rings (SSSR count). The SMILES string of the molecule is Clc1ccccc1C1(c2ccccc2Cl)CC(c2ccccc2)=C(c2ccccc2)C=C1c1ccc(-c2ccccc2)c(-c2ccccc2)c1. The largest absolute Gasteiger partial charge is 0.0840 e. The number of hydrogen-bond donors (Lipinski definition) is 0. The molecule has 240 valence electrons. The highest BCUT2D eigenvalue weighted by atomic mass is 35.5. The molecule has 0 N–H and O–H groups in total. The van der Waals surface area contributed by atoms with Crippen molar-refractivity contribution in [3.63, 3.8) is 0 Å². The van der Waals surface area contributed by atoms with Crippen LogP contribution in [-0.2, 0) is 5.41 Å². The number of halogens is 2. The minimum atomic E-state index is -0.720. The van der Waals surface area contributed by atoms with E-state index in [0.29, 0.717) is 16.5 Å². The molecule has 0 bridgehead atoms. The smallest absolute Gasteiger partial charge is 0.0527 e. The Hall–Kier alpha value is -5.40. The molecule has 7 aromatic rings. The van der Waals surface area contributed by atoms with Crippen LogP contribution in [0.25, 0.3) is 39.0 Å². The third-order valence-electron chi connectivity index (χ3n) is 9.89. The molecule has 50 heavy (non-hydrogen) atoms. The van der Waals surface area contributed by atoms with E-state index in [4.69, 9.17) is 23.2 Å². The average molecular weight is 682 g/mol. The second kappa shape index (κ2) is 13.8. The lowest BCUT2D eigenvalue weighted by molar-refractivity contribution is 0.681. The normalized spacial score (nSPS) is 13.9. The fraction of sp³-hybridized carbons (Fsp3) is 0.0417. The van der Waals surface area contributed by atoms with Crippen LogP contribution in [0.5, 0.6) is 0 Å². The summed E-state index contributed by atoms with van der Waals surface area (Å²) in [5.41, 5.74) is 13.0. The molecule has 2 heteroatoms. The van der Waals surface area contributed by atoms with Gasteiger partial charge in [-0.25, -0.2) is 0 Å². The van der Waals surface area contributed by atoms with E-state index < -0.39 is 5.41 Å². The van der Waals surface area contributed by atoms with Gasteiger partial charge in [0.2, 0.25) is 0 Å². The Balaban J connectivity index is 1.50. The lowest BCUT2D eigenvalue weighted by Gasteiger charge is -2.43. The summed E-state index contributed by atoms with van der Waals surface area (Å²) in [5.74, 6) is 0. The van der Waals surface area contributed by atoms with Crippen LogP contribution in [0.15, 0.2) is 194 Å². The van der Waals surface area contributed by atoms with Crippen molar-refractivity contribution in [2.24, 2.45) is 0 Å². The van der Waals surface area contributed by atoms with E-state index in [9.17, 15) is 0 Å². The Bertz CT molecular complexity index is 2290. The first-order chi connectivity index (χ1) is 24.6. The van der Waals surface area contributed by atoms with E-state index in [2.05, 4.69) is 170 Å². The highest BCUT2D eigenvalue weighted by molar-refractivity contribution is 6.33. The average Bonchev–Trinajstić information content (AvgIpc) is 3.19. The second-order valence-electron chi connectivity index (χ2n) is 12.7. The van der Waals surface area contributed by atoms with Gasteiger partial charge in [-0.1, -0.05) is 193 Å². The highest BCUT2D eigenvalue weighted by Crippen LogP contribution is 2.58. The summed E-state index contributed by atoms with van der Waals surface area (Å²) in [6.45, 7) is 0. The summed E-state index contributed by atoms with van der Waals surface area (Å²) in [4.78, 5) is 0. The van der Waals surface area contributed by atoms with Gasteiger partial charge in [0.05, 0.1) is 5.41 Å². The van der Waals surface area contributed by atoms with Gasteiger partial charge in [-0.2, -0.15) is 0 Å². The lowest BCUT2D eigenvalue weighted by Crippen LogP contribution is -2.33. The molecule has 0 radical (unpaired) electrons. The zero-order valence-electron chi connectivity index (χ0n) is 27.4. The van der Waals surface area contributed by atoms with E-state index in [-0.39, 0.29) is 0 Å². The maximum atomic E-state index is 7.30. The van der Waals surface area contributed by atoms with Gasteiger partial charge in [0.25, 0.3) is 0 Å². The van der Waals surface area contributed by atoms with Crippen LogP contribution in [0.2, 0.25) is 10.0 Å². The lowest BCUT2D eigenvalue weighted by atomic mass is 9.59. The monoisotopic (exact) mass is 680 g/mol. The Morgan fingerprint density at radius 1 is 0.380 bits per heavy atom. The third-order valence-corrected chi connectivity index (χ3v) is 10.5. The summed E-state index contributed by atoms with van der Waals surface area (Å²) in [5, 5.41) is 1.41. The zero-order chi connectivity index (χ0) is 33.9. The molecule has 0 unspecified atom stereocenters. The van der Waals surface area contributed by atoms with Crippen molar-refractivity contribution in [1.29, 1.82) is 0 Å². The Morgan fingerprint density at radius 3 is 1.34 bits per heavy atom. The molecule has 0 saturated carbocycles. The standard InChI is InChI=1S/C48H34Cl2/c49-46-27-15-13-25-43(46)48(44-26-14-16-28-47(44)50)33-42(37-23-11-4-12-24-37)41(36-21-9-3-10-22-36)32-45(48)38-29-30-39(34-17-5-1-6-18-34)40(31-38)35-19-7-2-8-20-35/h1-32H,33H2. The number of hydrogen-bond acceptors (Lipinski definition) is 0. The van der Waals surface area contributed by atoms with Gasteiger partial charge >= 0.3 is 0 Å². The van der Waals surface area contributed by atoms with E-state index in [1.807, 2.05) is 24.3 Å². The van der Waals surface area contributed by atoms with Gasteiger partial charge in [-0.3, -0.25) is 0 Å². The maximum absolute atomic E-state index is 7.30. The van der Waals surface area contributed by atoms with Crippen LogP contribution in [0.3, 0.4) is 0 Å². The Labute approximate surface area is 304 Å². The van der Waals surface area contributed by atoms with E-state index in [1.165, 1.54) is 39.0 Å². The first kappa shape index (κ1) is 31.8. The quantitative estimate of drug-likeness (QED) is 0.157. The Morgan fingerprint density at radius 2 is 0.820 bits per heavy atom. The number of allylic oxidation sites excluding steroid dienone is 4. The summed E-state index contributed by atoms with van der Waals surface area (Å²) in [6.07, 6.45) is 3.06. The highest BCUT2D eigenvalue weighted by Gasteiger charge is 2.45. The van der Waals surface area contributed by atoms with E-state index >= 15 is 0 Å². The summed E-state index contributed by atoms with van der Waals surface area (Å²) < 4.78 is 0. The Kier molecular flexibility index (Phi) is 8.82. The van der Waals surface area contributed by atoms with Crippen molar-refractivity contribution in [3.05, 3.63) is 232 Å². The molecule has 0 atom stereocenters. The molecule has 1 aliphatic rings. The van der Waals surface area contributed by atoms with Crippen molar-refractivity contribution >= 4 is 39.9 Å². The number of rotatable bonds is 7. The van der Waals surface area contributed by atoms with Crippen LogP contribution < -0.4 is 0 Å². The molecule has 1 aliphatic carbocycles. The fourth-order valence-electron chi connectivity index (χ4n) is 7.59. The zero-order valence-corrected chi connectivity index (χ0v) is 29.0. The maximum Gasteiger partial charge on any atom is 0.0527 e. The first-order valence-corrected chi connectivity index (χ1v) is 17.7. The molecule has 0 fully saturated rings. The van der Waals surface area contributed by atoms with Crippen molar-refractivity contribution in [2.45, 2.75) is 11.8 Å². The van der Waals surface area contributed by atoms with Crippen molar-refractivity contribution < 1.29 is 0 Å². The third kappa shape index (κ3) is 5.81. The van der Waals surface area contributed by atoms with Gasteiger partial charge in [0, 0.05) is 10.0 Å². The van der Waals surface area contributed by atoms with Crippen molar-refractivity contribution in [3.8, 4) is 22.3 Å². The van der Waals surface area contributed by atoms with Crippen LogP contribution in [0.1, 0.15) is 34.2 Å². The molecule has 0 aliphatic heterocycles. The fourth-order valence-corrected chi connectivity index (χ4v) is 8.18. The van der Waals surface area contributed by atoms with Crippen molar-refractivity contribution in [1.82, 2.24) is 0 Å². The molecule has 0 spiro atoms. The van der Waals surface area contributed by atoms with Crippen LogP contribution >= 0.6 is 23.2 Å². The summed E-state index contributed by atoms with van der Waals surface area (Å²) in [6, 6.07) is 66.2. The molecule has 0 heterocycles. The predicted octanol–water partition coefficient (Wildman–Crippen LogP) is 13.7. The summed E-state index contributed by atoms with van der Waals surface area (Å²) >= 11 is 14.6. The first-order valence-electron chi connectivity index (χ1n) is 16.9. The minimum absolute atomic E-state index is 0.654.